The largest absolute Gasteiger partial charge is 0.383 e. The number of nitrogens with zero attached hydrogens (tertiary/aromatic N) is 3. The lowest BCUT2D eigenvalue weighted by atomic mass is 9.92. The summed E-state index contributed by atoms with van der Waals surface area (Å²) in [5, 5.41) is 0.904. The van der Waals surface area contributed by atoms with Gasteiger partial charge in [0.1, 0.15) is 11.6 Å². The van der Waals surface area contributed by atoms with Crippen LogP contribution in [-0.4, -0.2) is 21.5 Å². The Kier molecular flexibility index (Phi) is 4.25. The van der Waals surface area contributed by atoms with Gasteiger partial charge in [0.25, 0.3) is 0 Å². The van der Waals surface area contributed by atoms with E-state index < -0.39 is 0 Å². The van der Waals surface area contributed by atoms with E-state index in [1.165, 1.54) is 0 Å². The van der Waals surface area contributed by atoms with Gasteiger partial charge >= 0.3 is 0 Å². The second-order valence-electron chi connectivity index (χ2n) is 7.77. The van der Waals surface area contributed by atoms with Gasteiger partial charge in [-0.05, 0) is 47.7 Å². The highest BCUT2D eigenvalue weighted by Crippen LogP contribution is 2.47. The average Bonchev–Trinajstić information content (AvgIpc) is 3.56. The van der Waals surface area contributed by atoms with Crippen LogP contribution in [0.25, 0.3) is 22.0 Å². The van der Waals surface area contributed by atoms with Gasteiger partial charge in [-0.1, -0.05) is 42.5 Å². The van der Waals surface area contributed by atoms with Crippen LogP contribution in [0, 0.1) is 0 Å². The molecule has 0 unspecified atom stereocenters. The van der Waals surface area contributed by atoms with E-state index in [2.05, 4.69) is 23.2 Å². The molecule has 5 nitrogen and oxygen atoms in total. The van der Waals surface area contributed by atoms with Gasteiger partial charge in [0.05, 0.1) is 10.9 Å². The molecule has 5 rings (SSSR count). The fourth-order valence-electron chi connectivity index (χ4n) is 3.98. The number of fused-ring (bicyclic) bond motifs is 1. The topological polar surface area (TPSA) is 90.7 Å². The Bertz CT molecular complexity index is 1170. The van der Waals surface area contributed by atoms with E-state index in [-0.39, 0.29) is 5.41 Å². The smallest absolute Gasteiger partial charge is 0.138 e. The lowest BCUT2D eigenvalue weighted by Gasteiger charge is -2.17. The van der Waals surface area contributed by atoms with Gasteiger partial charge in [-0.15, -0.1) is 0 Å². The highest BCUT2D eigenvalue weighted by atomic mass is 15.0. The van der Waals surface area contributed by atoms with Crippen LogP contribution in [0.5, 0.6) is 0 Å². The molecule has 29 heavy (non-hydrogen) atoms. The first kappa shape index (κ1) is 17.8. The molecule has 144 valence electrons. The summed E-state index contributed by atoms with van der Waals surface area (Å²) < 4.78 is 0. The predicted octanol–water partition coefficient (Wildman–Crippen LogP) is 3.86. The van der Waals surface area contributed by atoms with Gasteiger partial charge in [-0.25, -0.2) is 9.97 Å². The zero-order valence-electron chi connectivity index (χ0n) is 16.2. The molecule has 1 aliphatic carbocycles. The lowest BCUT2D eigenvalue weighted by Crippen LogP contribution is -2.23. The Morgan fingerprint density at radius 3 is 2.38 bits per heavy atom. The summed E-state index contributed by atoms with van der Waals surface area (Å²) in [6, 6.07) is 20.5. The molecular formula is C24H23N5. The first-order valence-corrected chi connectivity index (χ1v) is 9.95. The fourth-order valence-corrected chi connectivity index (χ4v) is 3.98. The summed E-state index contributed by atoms with van der Waals surface area (Å²) in [6.45, 7) is 0.557. The van der Waals surface area contributed by atoms with Crippen molar-refractivity contribution in [2.45, 2.75) is 24.7 Å². The number of rotatable bonds is 5. The van der Waals surface area contributed by atoms with E-state index >= 15 is 0 Å². The number of anilines is 1. The third-order valence-corrected chi connectivity index (χ3v) is 5.86. The third kappa shape index (κ3) is 3.13. The first-order chi connectivity index (χ1) is 14.2. The number of nitrogen functional groups attached to an aromatic ring is 1. The van der Waals surface area contributed by atoms with Crippen LogP contribution in [0.2, 0.25) is 0 Å². The standard InChI is InChI=1S/C24H23N5/c25-15-24(11-12-24)23-28-19-10-9-17(14-18-8-4-5-13-27-18)20(21(19)22(26)29-23)16-6-2-1-3-7-16/h1-10,13H,11-12,14-15,25H2,(H2,26,28,29). The second kappa shape index (κ2) is 6.94. The molecule has 2 aromatic heterocycles. The van der Waals surface area contributed by atoms with Crippen LogP contribution in [0.1, 0.15) is 29.9 Å². The Balaban J connectivity index is 1.73. The van der Waals surface area contributed by atoms with Crippen LogP contribution in [0.15, 0.2) is 66.9 Å². The van der Waals surface area contributed by atoms with Crippen LogP contribution in [0.3, 0.4) is 0 Å². The lowest BCUT2D eigenvalue weighted by molar-refractivity contribution is 0.654. The molecule has 4 N–H and O–H groups in total. The zero-order valence-corrected chi connectivity index (χ0v) is 16.2. The van der Waals surface area contributed by atoms with E-state index in [0.717, 1.165) is 58.4 Å². The van der Waals surface area contributed by atoms with Crippen LogP contribution in [0.4, 0.5) is 5.82 Å². The van der Waals surface area contributed by atoms with E-state index in [0.29, 0.717) is 12.4 Å². The maximum atomic E-state index is 6.53. The molecule has 5 heteroatoms. The minimum absolute atomic E-state index is 0.0954. The maximum Gasteiger partial charge on any atom is 0.138 e. The predicted molar refractivity (Wildman–Crippen MR) is 116 cm³/mol. The Hall–Kier alpha value is -3.31. The minimum Gasteiger partial charge on any atom is -0.383 e. The van der Waals surface area contributed by atoms with Crippen molar-refractivity contribution in [2.75, 3.05) is 12.3 Å². The van der Waals surface area contributed by atoms with Gasteiger partial charge < -0.3 is 11.5 Å². The summed E-state index contributed by atoms with van der Waals surface area (Å²) in [5.74, 6) is 1.30. The summed E-state index contributed by atoms with van der Waals surface area (Å²) in [5.41, 5.74) is 17.7. The van der Waals surface area contributed by atoms with Crippen LogP contribution >= 0.6 is 0 Å². The summed E-state index contributed by atoms with van der Waals surface area (Å²) >= 11 is 0. The van der Waals surface area contributed by atoms with E-state index in [9.17, 15) is 0 Å². The molecule has 4 aromatic rings. The molecule has 1 aliphatic rings. The average molecular weight is 381 g/mol. The van der Waals surface area contributed by atoms with Crippen molar-refractivity contribution < 1.29 is 0 Å². The van der Waals surface area contributed by atoms with Crippen molar-refractivity contribution in [3.8, 4) is 11.1 Å². The van der Waals surface area contributed by atoms with Crippen molar-refractivity contribution in [1.82, 2.24) is 15.0 Å². The molecule has 0 bridgehead atoms. The molecule has 2 aromatic carbocycles. The monoisotopic (exact) mass is 381 g/mol. The van der Waals surface area contributed by atoms with Crippen molar-refractivity contribution in [3.05, 3.63) is 83.9 Å². The number of benzene rings is 2. The maximum absolute atomic E-state index is 6.53. The van der Waals surface area contributed by atoms with Gasteiger partial charge in [0, 0.05) is 30.3 Å². The molecule has 0 amide bonds. The molecule has 1 fully saturated rings. The number of hydrogen-bond donors (Lipinski definition) is 2. The Morgan fingerprint density at radius 1 is 0.897 bits per heavy atom. The molecule has 1 saturated carbocycles. The summed E-state index contributed by atoms with van der Waals surface area (Å²) in [6.07, 6.45) is 4.59. The van der Waals surface area contributed by atoms with Gasteiger partial charge in [-0.2, -0.15) is 0 Å². The van der Waals surface area contributed by atoms with Gasteiger partial charge in [0.2, 0.25) is 0 Å². The van der Waals surface area contributed by atoms with Crippen molar-refractivity contribution >= 4 is 16.7 Å². The molecule has 0 radical (unpaired) electrons. The molecular weight excluding hydrogens is 358 g/mol. The second-order valence-corrected chi connectivity index (χ2v) is 7.77. The van der Waals surface area contributed by atoms with E-state index in [1.807, 2.05) is 48.7 Å². The van der Waals surface area contributed by atoms with Gasteiger partial charge in [-0.3, -0.25) is 4.98 Å². The van der Waals surface area contributed by atoms with Crippen LogP contribution in [-0.2, 0) is 11.8 Å². The molecule has 2 heterocycles. The van der Waals surface area contributed by atoms with Crippen LogP contribution < -0.4 is 11.5 Å². The normalized spacial score (nSPS) is 14.8. The number of aromatic nitrogens is 3. The quantitative estimate of drug-likeness (QED) is 0.548. The van der Waals surface area contributed by atoms with E-state index in [4.69, 9.17) is 21.4 Å². The highest BCUT2D eigenvalue weighted by molar-refractivity contribution is 6.02. The number of hydrogen-bond acceptors (Lipinski definition) is 5. The molecule has 0 saturated heterocycles. The fraction of sp³-hybridized carbons (Fsp3) is 0.208. The first-order valence-electron chi connectivity index (χ1n) is 9.95. The minimum atomic E-state index is -0.0954. The number of nitrogens with two attached hydrogens (primary N) is 2. The van der Waals surface area contributed by atoms with Crippen molar-refractivity contribution in [3.63, 3.8) is 0 Å². The zero-order chi connectivity index (χ0) is 19.8. The highest BCUT2D eigenvalue weighted by Gasteiger charge is 2.46. The van der Waals surface area contributed by atoms with E-state index in [1.54, 1.807) is 0 Å². The molecule has 0 atom stereocenters. The van der Waals surface area contributed by atoms with Gasteiger partial charge in [0.15, 0.2) is 0 Å². The van der Waals surface area contributed by atoms with Crippen molar-refractivity contribution in [1.29, 1.82) is 0 Å². The Labute approximate surface area is 169 Å². The Morgan fingerprint density at radius 2 is 1.69 bits per heavy atom. The molecule has 0 aliphatic heterocycles. The molecule has 0 spiro atoms. The summed E-state index contributed by atoms with van der Waals surface area (Å²) in [4.78, 5) is 14.1. The number of pyridine rings is 1. The SMILES string of the molecule is NCC1(c2nc(N)c3c(-c4ccccc4)c(Cc4ccccn4)ccc3n2)CC1. The summed E-state index contributed by atoms with van der Waals surface area (Å²) in [7, 11) is 0. The third-order valence-electron chi connectivity index (χ3n) is 5.86. The van der Waals surface area contributed by atoms with Crippen molar-refractivity contribution in [2.24, 2.45) is 5.73 Å².